The average Bonchev–Trinajstić information content (AvgIpc) is 2.34. The zero-order valence-corrected chi connectivity index (χ0v) is 5.61. The first-order valence-corrected chi connectivity index (χ1v) is 3.17. The Morgan fingerprint density at radius 3 is 3.27 bits per heavy atom. The molecule has 0 aliphatic carbocycles. The van der Waals surface area contributed by atoms with E-state index in [-0.39, 0.29) is 17.8 Å². The van der Waals surface area contributed by atoms with Crippen LogP contribution < -0.4 is 11.1 Å². The molecule has 0 unspecified atom stereocenters. The lowest BCUT2D eigenvalue weighted by Crippen LogP contribution is -2.46. The highest BCUT2D eigenvalue weighted by Gasteiger charge is 2.28. The number of guanidine groups is 1. The molecular weight excluding hydrogens is 144 g/mol. The second-order valence-corrected chi connectivity index (χ2v) is 2.29. The van der Waals surface area contributed by atoms with Gasteiger partial charge in [-0.2, -0.15) is 4.99 Å². The van der Waals surface area contributed by atoms with E-state index in [9.17, 15) is 4.79 Å². The van der Waals surface area contributed by atoms with Crippen molar-refractivity contribution < 1.29 is 4.79 Å². The molecule has 2 heterocycles. The Bertz CT molecular complexity index is 302. The van der Waals surface area contributed by atoms with Crippen LogP contribution in [0.5, 0.6) is 0 Å². The van der Waals surface area contributed by atoms with Gasteiger partial charge in [0.05, 0.1) is 0 Å². The predicted octanol–water partition coefficient (Wildman–Crippen LogP) is -1.03. The maximum absolute atomic E-state index is 11.1. The maximum Gasteiger partial charge on any atom is 0.241 e. The molecule has 0 saturated heterocycles. The number of amides is 1. The number of nitrogens with two attached hydrogens (primary N) is 1. The molecule has 11 heavy (non-hydrogen) atoms. The second kappa shape index (κ2) is 1.91. The normalized spacial score (nSPS) is 27.3. The maximum atomic E-state index is 11.1. The quantitative estimate of drug-likeness (QED) is 0.463. The fourth-order valence-corrected chi connectivity index (χ4v) is 1.03. The van der Waals surface area contributed by atoms with E-state index in [0.717, 1.165) is 0 Å². The van der Waals surface area contributed by atoms with Gasteiger partial charge in [-0.15, -0.1) is 0 Å². The van der Waals surface area contributed by atoms with Gasteiger partial charge in [-0.05, 0) is 6.08 Å². The Morgan fingerprint density at radius 2 is 2.45 bits per heavy atom. The first kappa shape index (κ1) is 6.09. The second-order valence-electron chi connectivity index (χ2n) is 2.29. The third-order valence-corrected chi connectivity index (χ3v) is 1.53. The van der Waals surface area contributed by atoms with Crippen molar-refractivity contribution in [3.8, 4) is 0 Å². The Kier molecular flexibility index (Phi) is 1.06. The molecule has 2 rings (SSSR count). The van der Waals surface area contributed by atoms with Gasteiger partial charge in [0.2, 0.25) is 11.9 Å². The lowest BCUT2D eigenvalue weighted by molar-refractivity contribution is -0.120. The minimum atomic E-state index is -0.331. The van der Waals surface area contributed by atoms with E-state index >= 15 is 0 Å². The van der Waals surface area contributed by atoms with Crippen LogP contribution in [-0.2, 0) is 4.79 Å². The zero-order valence-electron chi connectivity index (χ0n) is 5.61. The predicted molar refractivity (Wildman–Crippen MR) is 39.8 cm³/mol. The third kappa shape index (κ3) is 0.813. The molecule has 0 saturated carbocycles. The summed E-state index contributed by atoms with van der Waals surface area (Å²) in [5.74, 6) is 0.104. The molecular formula is C6H6N4O. The van der Waals surface area contributed by atoms with Gasteiger partial charge >= 0.3 is 0 Å². The highest BCUT2D eigenvalue weighted by Crippen LogP contribution is 2.13. The summed E-state index contributed by atoms with van der Waals surface area (Å²) in [6.45, 7) is 0. The summed E-state index contributed by atoms with van der Waals surface area (Å²) < 4.78 is 0. The van der Waals surface area contributed by atoms with Crippen LogP contribution in [0.25, 0.3) is 0 Å². The number of rotatable bonds is 0. The van der Waals surface area contributed by atoms with E-state index in [2.05, 4.69) is 15.3 Å². The van der Waals surface area contributed by atoms with Gasteiger partial charge in [0.15, 0.2) is 0 Å². The van der Waals surface area contributed by atoms with Gasteiger partial charge < -0.3 is 5.73 Å². The van der Waals surface area contributed by atoms with Crippen LogP contribution in [0, 0.1) is 5.92 Å². The molecule has 0 aromatic rings. The molecule has 56 valence electrons. The van der Waals surface area contributed by atoms with E-state index in [1.807, 2.05) is 0 Å². The summed E-state index contributed by atoms with van der Waals surface area (Å²) in [6, 6.07) is 0. The molecule has 5 heteroatoms. The Labute approximate surface area is 62.7 Å². The minimum absolute atomic E-state index is 0.119. The van der Waals surface area contributed by atoms with Crippen molar-refractivity contribution in [1.29, 1.82) is 0 Å². The molecule has 5 nitrogen and oxygen atoms in total. The molecule has 0 aromatic heterocycles. The number of carbonyl (C=O) groups is 1. The van der Waals surface area contributed by atoms with Gasteiger partial charge in [-0.1, -0.05) is 0 Å². The summed E-state index contributed by atoms with van der Waals surface area (Å²) >= 11 is 0. The van der Waals surface area contributed by atoms with Crippen LogP contribution in [0.3, 0.4) is 0 Å². The Hall–Kier alpha value is -1.65. The van der Waals surface area contributed by atoms with Crippen LogP contribution >= 0.6 is 0 Å². The highest BCUT2D eigenvalue weighted by atomic mass is 16.2. The SMILES string of the molecule is NC1=NC2=NC=C[C@@H]2C(=O)N1. The first-order chi connectivity index (χ1) is 5.27. The van der Waals surface area contributed by atoms with Gasteiger partial charge in [-0.25, -0.2) is 4.99 Å². The molecule has 0 aromatic carbocycles. The van der Waals surface area contributed by atoms with Gasteiger partial charge in [0, 0.05) is 6.20 Å². The monoisotopic (exact) mass is 150 g/mol. The molecule has 2 aliphatic rings. The van der Waals surface area contributed by atoms with Gasteiger partial charge in [0.1, 0.15) is 11.8 Å². The fourth-order valence-electron chi connectivity index (χ4n) is 1.03. The lowest BCUT2D eigenvalue weighted by atomic mass is 10.1. The molecule has 2 aliphatic heterocycles. The van der Waals surface area contributed by atoms with Gasteiger partial charge in [0.25, 0.3) is 0 Å². The van der Waals surface area contributed by atoms with Crippen LogP contribution in [0.15, 0.2) is 22.3 Å². The summed E-state index contributed by atoms with van der Waals surface area (Å²) in [6.07, 6.45) is 3.24. The molecule has 1 amide bonds. The molecule has 1 atom stereocenters. The number of hydrogen-bond acceptors (Lipinski definition) is 4. The molecule has 3 N–H and O–H groups in total. The summed E-state index contributed by atoms with van der Waals surface area (Å²) in [5, 5.41) is 2.41. The third-order valence-electron chi connectivity index (χ3n) is 1.53. The van der Waals surface area contributed by atoms with Crippen molar-refractivity contribution in [2.45, 2.75) is 0 Å². The lowest BCUT2D eigenvalue weighted by Gasteiger charge is -2.14. The van der Waals surface area contributed by atoms with Crippen molar-refractivity contribution in [2.75, 3.05) is 0 Å². The van der Waals surface area contributed by atoms with Crippen molar-refractivity contribution in [1.82, 2.24) is 5.32 Å². The molecule has 0 radical (unpaired) electrons. The van der Waals surface area contributed by atoms with Crippen molar-refractivity contribution >= 4 is 17.7 Å². The molecule has 0 spiro atoms. The Balaban J connectivity index is 2.42. The van der Waals surface area contributed by atoms with Gasteiger partial charge in [-0.3, -0.25) is 10.1 Å². The summed E-state index contributed by atoms with van der Waals surface area (Å²) in [5.41, 5.74) is 5.29. The van der Waals surface area contributed by atoms with E-state index in [1.165, 1.54) is 0 Å². The summed E-state index contributed by atoms with van der Waals surface area (Å²) in [7, 11) is 0. The number of nitrogens with one attached hydrogen (secondary N) is 1. The van der Waals surface area contributed by atoms with E-state index < -0.39 is 0 Å². The number of nitrogens with zero attached hydrogens (tertiary/aromatic N) is 2. The minimum Gasteiger partial charge on any atom is -0.369 e. The number of fused-ring (bicyclic) bond motifs is 1. The molecule has 0 fully saturated rings. The van der Waals surface area contributed by atoms with Crippen LogP contribution in [-0.4, -0.2) is 17.7 Å². The van der Waals surface area contributed by atoms with E-state index in [4.69, 9.17) is 5.73 Å². The van der Waals surface area contributed by atoms with Crippen LogP contribution in [0.4, 0.5) is 0 Å². The Morgan fingerprint density at radius 1 is 1.64 bits per heavy atom. The number of aliphatic imine (C=N–C) groups is 2. The largest absolute Gasteiger partial charge is 0.369 e. The van der Waals surface area contributed by atoms with Crippen LogP contribution in [0.2, 0.25) is 0 Å². The van der Waals surface area contributed by atoms with Crippen LogP contribution in [0.1, 0.15) is 0 Å². The van der Waals surface area contributed by atoms with E-state index in [0.29, 0.717) is 5.84 Å². The summed E-state index contributed by atoms with van der Waals surface area (Å²) in [4.78, 5) is 18.8. The highest BCUT2D eigenvalue weighted by molar-refractivity contribution is 6.18. The molecule has 0 bridgehead atoms. The number of hydrogen-bond donors (Lipinski definition) is 2. The standard InChI is InChI=1S/C6H6N4O/c7-6-9-4-3(1-2-8-4)5(11)10-6/h1-3H,(H3,7,8,9,10,11)/t3-/m0/s1. The van der Waals surface area contributed by atoms with Crippen molar-refractivity contribution in [2.24, 2.45) is 21.6 Å². The topological polar surface area (TPSA) is 79.8 Å². The number of amidine groups is 1. The number of carbonyl (C=O) groups excluding carboxylic acids is 1. The fraction of sp³-hybridized carbons (Fsp3) is 0.167. The zero-order chi connectivity index (χ0) is 7.84. The first-order valence-electron chi connectivity index (χ1n) is 3.17. The average molecular weight is 150 g/mol. The van der Waals surface area contributed by atoms with Crippen molar-refractivity contribution in [3.63, 3.8) is 0 Å². The van der Waals surface area contributed by atoms with E-state index in [1.54, 1.807) is 12.3 Å². The van der Waals surface area contributed by atoms with Crippen molar-refractivity contribution in [3.05, 3.63) is 12.3 Å². The smallest absolute Gasteiger partial charge is 0.241 e.